The maximum Gasteiger partial charge on any atom is 0.184 e. The van der Waals surface area contributed by atoms with Crippen LogP contribution in [0.4, 0.5) is 0 Å². The Hall–Kier alpha value is -1.73. The number of aliphatic hydroxyl groups is 1. The molecule has 84 valence electrons. The van der Waals surface area contributed by atoms with E-state index in [1.807, 2.05) is 6.92 Å². The molecule has 0 radical (unpaired) electrons. The molecule has 0 spiro atoms. The van der Waals surface area contributed by atoms with E-state index >= 15 is 0 Å². The van der Waals surface area contributed by atoms with Crippen LogP contribution in [-0.2, 0) is 0 Å². The molecule has 1 aromatic rings. The number of ether oxygens (including phenoxy) is 2. The summed E-state index contributed by atoms with van der Waals surface area (Å²) >= 11 is 0. The van der Waals surface area contributed by atoms with E-state index in [4.69, 9.17) is 14.7 Å². The zero-order valence-electron chi connectivity index (χ0n) is 9.01. The van der Waals surface area contributed by atoms with Crippen LogP contribution in [0.15, 0.2) is 18.2 Å². The Morgan fingerprint density at radius 1 is 1.69 bits per heavy atom. The lowest BCUT2D eigenvalue weighted by Gasteiger charge is -2.11. The molecule has 0 aromatic heterocycles. The van der Waals surface area contributed by atoms with Crippen molar-refractivity contribution in [3.05, 3.63) is 23.8 Å². The molecule has 0 amide bonds. The summed E-state index contributed by atoms with van der Waals surface area (Å²) in [5.41, 5.74) is 0.775. The van der Waals surface area contributed by atoms with Gasteiger partial charge in [0.1, 0.15) is 30.3 Å². The molecule has 1 N–H and O–H groups in total. The van der Waals surface area contributed by atoms with Crippen molar-refractivity contribution < 1.29 is 14.6 Å². The van der Waals surface area contributed by atoms with Crippen molar-refractivity contribution in [2.45, 2.75) is 25.6 Å². The van der Waals surface area contributed by atoms with Crippen LogP contribution in [0.5, 0.6) is 11.5 Å². The van der Waals surface area contributed by atoms with Crippen molar-refractivity contribution in [3.63, 3.8) is 0 Å². The molecule has 2 rings (SSSR count). The SMILES string of the molecule is CCC(C#N)Oc1ccc2c(c1)OCC2O. The van der Waals surface area contributed by atoms with Crippen molar-refractivity contribution in [3.8, 4) is 17.6 Å². The zero-order chi connectivity index (χ0) is 11.5. The highest BCUT2D eigenvalue weighted by atomic mass is 16.5. The van der Waals surface area contributed by atoms with Gasteiger partial charge in [0.25, 0.3) is 0 Å². The van der Waals surface area contributed by atoms with Crippen molar-refractivity contribution in [2.24, 2.45) is 0 Å². The molecule has 1 aliphatic heterocycles. The van der Waals surface area contributed by atoms with Crippen molar-refractivity contribution in [2.75, 3.05) is 6.61 Å². The van der Waals surface area contributed by atoms with Gasteiger partial charge in [-0.05, 0) is 18.6 Å². The average molecular weight is 219 g/mol. The normalized spacial score (nSPS) is 19.4. The van der Waals surface area contributed by atoms with Gasteiger partial charge in [0.2, 0.25) is 0 Å². The topological polar surface area (TPSA) is 62.5 Å². The van der Waals surface area contributed by atoms with Gasteiger partial charge in [0, 0.05) is 11.6 Å². The highest BCUT2D eigenvalue weighted by Crippen LogP contribution is 2.35. The second kappa shape index (κ2) is 4.42. The Balaban J connectivity index is 2.17. The zero-order valence-corrected chi connectivity index (χ0v) is 9.01. The number of rotatable bonds is 3. The van der Waals surface area contributed by atoms with Gasteiger partial charge in [-0.15, -0.1) is 0 Å². The number of nitriles is 1. The van der Waals surface area contributed by atoms with Crippen molar-refractivity contribution in [1.29, 1.82) is 5.26 Å². The first-order valence-electron chi connectivity index (χ1n) is 5.25. The lowest BCUT2D eigenvalue weighted by atomic mass is 10.1. The minimum Gasteiger partial charge on any atom is -0.490 e. The van der Waals surface area contributed by atoms with Gasteiger partial charge in [-0.25, -0.2) is 0 Å². The minimum absolute atomic E-state index is 0.286. The van der Waals surface area contributed by atoms with E-state index in [1.165, 1.54) is 0 Å². The molecule has 1 aromatic carbocycles. The molecular weight excluding hydrogens is 206 g/mol. The molecule has 1 aliphatic rings. The summed E-state index contributed by atoms with van der Waals surface area (Å²) in [4.78, 5) is 0. The molecule has 0 saturated heterocycles. The van der Waals surface area contributed by atoms with Crippen LogP contribution in [-0.4, -0.2) is 17.8 Å². The van der Waals surface area contributed by atoms with Crippen LogP contribution in [0.1, 0.15) is 25.0 Å². The van der Waals surface area contributed by atoms with Crippen LogP contribution in [0.25, 0.3) is 0 Å². The summed E-state index contributed by atoms with van der Waals surface area (Å²) < 4.78 is 10.7. The molecule has 2 atom stereocenters. The fourth-order valence-electron chi connectivity index (χ4n) is 1.61. The average Bonchev–Trinajstić information content (AvgIpc) is 2.68. The molecule has 4 nitrogen and oxygen atoms in total. The first kappa shape index (κ1) is 10.8. The Bertz CT molecular complexity index is 425. The molecule has 0 fully saturated rings. The summed E-state index contributed by atoms with van der Waals surface area (Å²) in [5.74, 6) is 1.24. The standard InChI is InChI=1S/C12H13NO3/c1-2-8(6-13)16-9-3-4-10-11(14)7-15-12(10)5-9/h3-5,8,11,14H,2,7H2,1H3. The third-order valence-corrected chi connectivity index (χ3v) is 2.53. The van der Waals surface area contributed by atoms with Crippen LogP contribution < -0.4 is 9.47 Å². The first-order valence-corrected chi connectivity index (χ1v) is 5.25. The number of fused-ring (bicyclic) bond motifs is 1. The van der Waals surface area contributed by atoms with E-state index in [-0.39, 0.29) is 6.61 Å². The Labute approximate surface area is 94.0 Å². The number of nitrogens with zero attached hydrogens (tertiary/aromatic N) is 1. The maximum atomic E-state index is 9.53. The van der Waals surface area contributed by atoms with E-state index in [9.17, 15) is 5.11 Å². The van der Waals surface area contributed by atoms with Crippen LogP contribution in [0.3, 0.4) is 0 Å². The van der Waals surface area contributed by atoms with E-state index in [1.54, 1.807) is 18.2 Å². The highest BCUT2D eigenvalue weighted by Gasteiger charge is 2.22. The summed E-state index contributed by atoms with van der Waals surface area (Å²) in [7, 11) is 0. The first-order chi connectivity index (χ1) is 7.74. The van der Waals surface area contributed by atoms with E-state index in [2.05, 4.69) is 6.07 Å². The van der Waals surface area contributed by atoms with Crippen LogP contribution >= 0.6 is 0 Å². The summed E-state index contributed by atoms with van der Waals surface area (Å²) in [6, 6.07) is 7.30. The van der Waals surface area contributed by atoms with Gasteiger partial charge >= 0.3 is 0 Å². The molecular formula is C12H13NO3. The van der Waals surface area contributed by atoms with Crippen LogP contribution in [0.2, 0.25) is 0 Å². The Kier molecular flexibility index (Phi) is 2.97. The molecule has 1 heterocycles. The number of hydrogen-bond acceptors (Lipinski definition) is 4. The molecule has 4 heteroatoms. The predicted molar refractivity (Wildman–Crippen MR) is 57.2 cm³/mol. The summed E-state index contributed by atoms with van der Waals surface area (Å²) in [5, 5.41) is 18.3. The van der Waals surface area contributed by atoms with Gasteiger partial charge in [-0.2, -0.15) is 5.26 Å². The quantitative estimate of drug-likeness (QED) is 0.841. The molecule has 2 unspecified atom stereocenters. The largest absolute Gasteiger partial charge is 0.490 e. The number of aliphatic hydroxyl groups excluding tert-OH is 1. The van der Waals surface area contributed by atoms with Gasteiger partial charge < -0.3 is 14.6 Å². The van der Waals surface area contributed by atoms with Gasteiger partial charge in [-0.1, -0.05) is 6.92 Å². The molecule has 0 bridgehead atoms. The van der Waals surface area contributed by atoms with Gasteiger partial charge in [-0.3, -0.25) is 0 Å². The van der Waals surface area contributed by atoms with Crippen LogP contribution in [0, 0.1) is 11.3 Å². The third-order valence-electron chi connectivity index (χ3n) is 2.53. The fourth-order valence-corrected chi connectivity index (χ4v) is 1.61. The van der Waals surface area contributed by atoms with Crippen molar-refractivity contribution in [1.82, 2.24) is 0 Å². The van der Waals surface area contributed by atoms with Gasteiger partial charge in [0.05, 0.1) is 0 Å². The molecule has 16 heavy (non-hydrogen) atoms. The van der Waals surface area contributed by atoms with E-state index < -0.39 is 12.2 Å². The second-order valence-corrected chi connectivity index (χ2v) is 3.67. The predicted octanol–water partition coefficient (Wildman–Crippen LogP) is 1.79. The monoisotopic (exact) mass is 219 g/mol. The summed E-state index contributed by atoms with van der Waals surface area (Å²) in [6.07, 6.45) is -0.358. The lowest BCUT2D eigenvalue weighted by molar-refractivity contribution is 0.140. The van der Waals surface area contributed by atoms with Crippen molar-refractivity contribution >= 4 is 0 Å². The minimum atomic E-state index is -0.554. The van der Waals surface area contributed by atoms with E-state index in [0.29, 0.717) is 17.9 Å². The Morgan fingerprint density at radius 2 is 2.50 bits per heavy atom. The maximum absolute atomic E-state index is 9.53. The molecule has 0 saturated carbocycles. The summed E-state index contributed by atoms with van der Waals surface area (Å²) in [6.45, 7) is 2.18. The third kappa shape index (κ3) is 1.95. The Morgan fingerprint density at radius 3 is 3.19 bits per heavy atom. The lowest BCUT2D eigenvalue weighted by Crippen LogP contribution is -2.12. The highest BCUT2D eigenvalue weighted by molar-refractivity contribution is 5.44. The fraction of sp³-hybridized carbons (Fsp3) is 0.417. The molecule has 0 aliphatic carbocycles. The number of hydrogen-bond donors (Lipinski definition) is 1. The number of benzene rings is 1. The van der Waals surface area contributed by atoms with Gasteiger partial charge in [0.15, 0.2) is 6.10 Å². The second-order valence-electron chi connectivity index (χ2n) is 3.67. The van der Waals surface area contributed by atoms with E-state index in [0.717, 1.165) is 5.56 Å². The smallest absolute Gasteiger partial charge is 0.184 e.